The lowest BCUT2D eigenvalue weighted by atomic mass is 10.3. The Morgan fingerprint density at radius 3 is 2.58 bits per heavy atom. The van der Waals surface area contributed by atoms with E-state index in [1.807, 2.05) is 0 Å². The Morgan fingerprint density at radius 2 is 2.05 bits per heavy atom. The molecule has 2 rings (SSSR count). The minimum Gasteiger partial charge on any atom is -0.477 e. The second kappa shape index (κ2) is 4.43. The Labute approximate surface area is 108 Å². The largest absolute Gasteiger partial charge is 0.477 e. The molecule has 0 fully saturated rings. The Kier molecular flexibility index (Phi) is 3.06. The Balaban J connectivity index is 2.62. The van der Waals surface area contributed by atoms with Gasteiger partial charge in [-0.25, -0.2) is 27.9 Å². The van der Waals surface area contributed by atoms with Gasteiger partial charge in [-0.2, -0.15) is 5.10 Å². The van der Waals surface area contributed by atoms with Gasteiger partial charge in [-0.1, -0.05) is 0 Å². The Morgan fingerprint density at radius 1 is 1.37 bits per heavy atom. The molecule has 1 N–H and O–H groups in total. The third-order valence-corrected chi connectivity index (χ3v) is 3.39. The van der Waals surface area contributed by atoms with Gasteiger partial charge in [0.25, 0.3) is 0 Å². The zero-order chi connectivity index (χ0) is 14.2. The summed E-state index contributed by atoms with van der Waals surface area (Å²) in [4.78, 5) is 18.8. The first-order valence-electron chi connectivity index (χ1n) is 5.11. The summed E-state index contributed by atoms with van der Waals surface area (Å²) >= 11 is 0. The molecule has 0 bridgehead atoms. The van der Waals surface area contributed by atoms with Crippen LogP contribution in [0, 0.1) is 6.92 Å². The monoisotopic (exact) mass is 282 g/mol. The van der Waals surface area contributed by atoms with E-state index in [2.05, 4.69) is 15.1 Å². The van der Waals surface area contributed by atoms with Crippen LogP contribution in [0.5, 0.6) is 0 Å². The highest BCUT2D eigenvalue weighted by Gasteiger charge is 2.17. The Hall–Kier alpha value is -2.29. The predicted octanol–water partition coefficient (Wildman–Crippen LogP) is 0.0724. The van der Waals surface area contributed by atoms with Crippen molar-refractivity contribution >= 4 is 15.8 Å². The lowest BCUT2D eigenvalue weighted by Crippen LogP contribution is -2.10. The highest BCUT2D eigenvalue weighted by Crippen LogP contribution is 2.14. The lowest BCUT2D eigenvalue weighted by Gasteiger charge is -2.04. The molecule has 9 heteroatoms. The van der Waals surface area contributed by atoms with Gasteiger partial charge in [0, 0.05) is 12.5 Å². The minimum atomic E-state index is -3.41. The summed E-state index contributed by atoms with van der Waals surface area (Å²) in [5.74, 6) is -0.835. The van der Waals surface area contributed by atoms with E-state index in [0.29, 0.717) is 5.82 Å². The minimum absolute atomic E-state index is 0.0138. The van der Waals surface area contributed by atoms with Gasteiger partial charge in [0.05, 0.1) is 12.4 Å². The normalized spacial score (nSPS) is 11.5. The average Bonchev–Trinajstić information content (AvgIpc) is 2.77. The molecule has 8 nitrogen and oxygen atoms in total. The van der Waals surface area contributed by atoms with Crippen LogP contribution >= 0.6 is 0 Å². The molecule has 0 aliphatic heterocycles. The standard InChI is InChI=1S/C10H10N4O4S/c1-6-11-4-8(10(15)16)9(13-6)14-5-7(3-12-14)19(2,17)18/h3-5H,1-2H3,(H,15,16). The van der Waals surface area contributed by atoms with Gasteiger partial charge in [0.15, 0.2) is 15.7 Å². The summed E-state index contributed by atoms with van der Waals surface area (Å²) < 4.78 is 23.8. The Bertz CT molecular complexity index is 751. The van der Waals surface area contributed by atoms with Crippen LogP contribution in [0.2, 0.25) is 0 Å². The van der Waals surface area contributed by atoms with E-state index in [-0.39, 0.29) is 16.3 Å². The van der Waals surface area contributed by atoms with E-state index in [1.165, 1.54) is 6.20 Å². The number of sulfone groups is 1. The molecule has 0 aromatic carbocycles. The molecule has 0 saturated heterocycles. The van der Waals surface area contributed by atoms with Crippen molar-refractivity contribution < 1.29 is 18.3 Å². The topological polar surface area (TPSA) is 115 Å². The molecule has 0 unspecified atom stereocenters. The molecule has 0 radical (unpaired) electrons. The van der Waals surface area contributed by atoms with Gasteiger partial charge in [0.2, 0.25) is 0 Å². The summed E-state index contributed by atoms with van der Waals surface area (Å²) in [5.41, 5.74) is -0.159. The van der Waals surface area contributed by atoms with E-state index in [1.54, 1.807) is 6.92 Å². The summed E-state index contributed by atoms with van der Waals surface area (Å²) in [6.45, 7) is 1.59. The molecule has 0 spiro atoms. The number of hydrogen-bond donors (Lipinski definition) is 1. The van der Waals surface area contributed by atoms with Gasteiger partial charge < -0.3 is 5.11 Å². The number of nitrogens with zero attached hydrogens (tertiary/aromatic N) is 4. The van der Waals surface area contributed by atoms with Crippen molar-refractivity contribution in [3.8, 4) is 5.82 Å². The predicted molar refractivity (Wildman–Crippen MR) is 64.0 cm³/mol. The second-order valence-corrected chi connectivity index (χ2v) is 5.87. The number of aryl methyl sites for hydroxylation is 1. The zero-order valence-corrected chi connectivity index (χ0v) is 10.9. The van der Waals surface area contributed by atoms with Crippen molar-refractivity contribution in [2.75, 3.05) is 6.26 Å². The van der Waals surface area contributed by atoms with E-state index in [0.717, 1.165) is 23.3 Å². The van der Waals surface area contributed by atoms with Crippen molar-refractivity contribution in [3.05, 3.63) is 30.0 Å². The molecule has 2 aromatic rings. The number of aromatic carboxylic acids is 1. The van der Waals surface area contributed by atoms with Gasteiger partial charge in [0.1, 0.15) is 16.3 Å². The number of rotatable bonds is 3. The molecule has 0 aliphatic rings. The molecule has 2 aromatic heterocycles. The van der Waals surface area contributed by atoms with Crippen LogP contribution in [0.15, 0.2) is 23.5 Å². The summed E-state index contributed by atoms with van der Waals surface area (Å²) in [6, 6.07) is 0. The number of carboxylic acid groups (broad SMARTS) is 1. The smallest absolute Gasteiger partial charge is 0.341 e. The van der Waals surface area contributed by atoms with Gasteiger partial charge in [-0.15, -0.1) is 0 Å². The van der Waals surface area contributed by atoms with Gasteiger partial charge in [-0.3, -0.25) is 0 Å². The molecular weight excluding hydrogens is 272 g/mol. The maximum atomic E-state index is 11.4. The van der Waals surface area contributed by atoms with Crippen LogP contribution in [-0.4, -0.2) is 45.5 Å². The maximum absolute atomic E-state index is 11.4. The van der Waals surface area contributed by atoms with Crippen LogP contribution in [-0.2, 0) is 9.84 Å². The fourth-order valence-corrected chi connectivity index (χ4v) is 1.93. The fraction of sp³-hybridized carbons (Fsp3) is 0.200. The maximum Gasteiger partial charge on any atom is 0.341 e. The molecule has 0 atom stereocenters. The number of carboxylic acids is 1. The summed E-state index contributed by atoms with van der Waals surface area (Å²) in [7, 11) is -3.41. The second-order valence-electron chi connectivity index (χ2n) is 3.85. The van der Waals surface area contributed by atoms with Crippen molar-refractivity contribution in [2.45, 2.75) is 11.8 Å². The van der Waals surface area contributed by atoms with E-state index in [4.69, 9.17) is 5.11 Å². The average molecular weight is 282 g/mol. The summed E-state index contributed by atoms with van der Waals surface area (Å²) in [6.07, 6.45) is 4.54. The first-order chi connectivity index (χ1) is 8.79. The highest BCUT2D eigenvalue weighted by atomic mass is 32.2. The molecule has 0 saturated carbocycles. The van der Waals surface area contributed by atoms with Crippen LogP contribution in [0.1, 0.15) is 16.2 Å². The summed E-state index contributed by atoms with van der Waals surface area (Å²) in [5, 5.41) is 12.9. The third-order valence-electron chi connectivity index (χ3n) is 2.32. The molecule has 2 heterocycles. The number of carbonyl (C=O) groups is 1. The quantitative estimate of drug-likeness (QED) is 0.847. The van der Waals surface area contributed by atoms with E-state index in [9.17, 15) is 13.2 Å². The molecule has 19 heavy (non-hydrogen) atoms. The zero-order valence-electron chi connectivity index (χ0n) is 10.1. The highest BCUT2D eigenvalue weighted by molar-refractivity contribution is 7.90. The first-order valence-corrected chi connectivity index (χ1v) is 7.00. The molecule has 100 valence electrons. The van der Waals surface area contributed by atoms with E-state index >= 15 is 0 Å². The first kappa shape index (κ1) is 13.1. The number of hydrogen-bond acceptors (Lipinski definition) is 6. The third kappa shape index (κ3) is 2.60. The number of aromatic nitrogens is 4. The molecular formula is C10H10N4O4S. The van der Waals surface area contributed by atoms with Gasteiger partial charge >= 0.3 is 5.97 Å². The van der Waals surface area contributed by atoms with Crippen molar-refractivity contribution in [1.82, 2.24) is 19.7 Å². The van der Waals surface area contributed by atoms with Gasteiger partial charge in [-0.05, 0) is 6.92 Å². The van der Waals surface area contributed by atoms with Crippen LogP contribution in [0.4, 0.5) is 0 Å². The van der Waals surface area contributed by atoms with Crippen molar-refractivity contribution in [2.24, 2.45) is 0 Å². The van der Waals surface area contributed by atoms with Crippen LogP contribution in [0.3, 0.4) is 0 Å². The fourth-order valence-electron chi connectivity index (χ4n) is 1.40. The van der Waals surface area contributed by atoms with Crippen molar-refractivity contribution in [3.63, 3.8) is 0 Å². The molecule has 0 aliphatic carbocycles. The van der Waals surface area contributed by atoms with Crippen LogP contribution in [0.25, 0.3) is 5.82 Å². The van der Waals surface area contributed by atoms with E-state index < -0.39 is 15.8 Å². The SMILES string of the molecule is Cc1ncc(C(=O)O)c(-n2cc(S(C)(=O)=O)cn2)n1. The molecule has 0 amide bonds. The van der Waals surface area contributed by atoms with Crippen LogP contribution < -0.4 is 0 Å². The lowest BCUT2D eigenvalue weighted by molar-refractivity contribution is 0.0695. The van der Waals surface area contributed by atoms with Crippen molar-refractivity contribution in [1.29, 1.82) is 0 Å².